The van der Waals surface area contributed by atoms with Crippen LogP contribution in [0.5, 0.6) is 0 Å². The number of nitrogens with one attached hydrogen (secondary N) is 2. The van der Waals surface area contributed by atoms with E-state index in [0.717, 1.165) is 17.5 Å². The standard InChI is InChI=1S/C21H26N6O4S/c1-20-7-8-21(32-20)15(14(20)17(29)22-2)19(31)26(9-10-28)16(21)18(30)23-11-27-13-6-4-3-5-12(13)24-25-27/h3-6,14-16,28H,7-11H2,1-2H3,(H,22,29)(H,23,30)/t14-,15+,16?,20+,21?/m1/s1. The molecular weight excluding hydrogens is 432 g/mol. The van der Waals surface area contributed by atoms with E-state index in [1.807, 2.05) is 31.2 Å². The average Bonchev–Trinajstić information content (AvgIpc) is 3.48. The Morgan fingerprint density at radius 3 is 2.81 bits per heavy atom. The molecule has 1 aromatic carbocycles. The third-order valence-electron chi connectivity index (χ3n) is 7.22. The number of aliphatic hydroxyl groups is 1. The number of nitrogens with zero attached hydrogens (tertiary/aromatic N) is 4. The zero-order chi connectivity index (χ0) is 22.7. The fraction of sp³-hybridized carbons (Fsp3) is 0.571. The van der Waals surface area contributed by atoms with E-state index in [1.165, 1.54) is 4.90 Å². The normalized spacial score (nSPS) is 33.0. The van der Waals surface area contributed by atoms with Crippen molar-refractivity contribution in [2.75, 3.05) is 20.2 Å². The van der Waals surface area contributed by atoms with Crippen molar-refractivity contribution in [2.45, 2.75) is 42.0 Å². The number of carbonyl (C=O) groups excluding carboxylic acids is 3. The van der Waals surface area contributed by atoms with Crippen molar-refractivity contribution < 1.29 is 19.5 Å². The highest BCUT2D eigenvalue weighted by molar-refractivity contribution is 8.02. The lowest BCUT2D eigenvalue weighted by molar-refractivity contribution is -0.141. The van der Waals surface area contributed by atoms with Crippen LogP contribution in [0.2, 0.25) is 0 Å². The number of hydrogen-bond donors (Lipinski definition) is 3. The van der Waals surface area contributed by atoms with Gasteiger partial charge in [-0.25, -0.2) is 4.68 Å². The van der Waals surface area contributed by atoms with Gasteiger partial charge in [0.1, 0.15) is 18.2 Å². The number of likely N-dealkylation sites (tertiary alicyclic amines) is 1. The summed E-state index contributed by atoms with van der Waals surface area (Å²) in [6, 6.07) is 6.70. The summed E-state index contributed by atoms with van der Waals surface area (Å²) in [6.45, 7) is 1.93. The SMILES string of the molecule is CNC(=O)[C@H]1[C@H]2C(=O)N(CCO)C(C(=O)NCn3nnc4ccccc43)C23CC[C@]1(C)S3. The third kappa shape index (κ3) is 2.80. The summed E-state index contributed by atoms with van der Waals surface area (Å²) in [7, 11) is 1.58. The molecule has 1 aromatic heterocycles. The van der Waals surface area contributed by atoms with E-state index in [1.54, 1.807) is 23.5 Å². The number of para-hydroxylation sites is 1. The maximum atomic E-state index is 13.5. The van der Waals surface area contributed by atoms with Gasteiger partial charge in [0.05, 0.1) is 28.7 Å². The van der Waals surface area contributed by atoms with E-state index >= 15 is 0 Å². The topological polar surface area (TPSA) is 129 Å². The van der Waals surface area contributed by atoms with Gasteiger partial charge in [0.2, 0.25) is 17.7 Å². The number of amides is 3. The Morgan fingerprint density at radius 2 is 2.06 bits per heavy atom. The lowest BCUT2D eigenvalue weighted by atomic mass is 9.66. The molecule has 0 aliphatic carbocycles. The molecular formula is C21H26N6O4S. The smallest absolute Gasteiger partial charge is 0.245 e. The Bertz CT molecular complexity index is 1110. The highest BCUT2D eigenvalue weighted by Gasteiger charge is 2.76. The van der Waals surface area contributed by atoms with Gasteiger partial charge in [-0.2, -0.15) is 0 Å². The molecule has 3 aliphatic heterocycles. The number of fused-ring (bicyclic) bond motifs is 2. The number of aromatic nitrogens is 3. The zero-order valence-electron chi connectivity index (χ0n) is 17.9. The molecule has 2 bridgehead atoms. The second-order valence-electron chi connectivity index (χ2n) is 8.87. The summed E-state index contributed by atoms with van der Waals surface area (Å²) >= 11 is 1.60. The molecule has 32 heavy (non-hydrogen) atoms. The molecule has 11 heteroatoms. The molecule has 3 saturated heterocycles. The van der Waals surface area contributed by atoms with Gasteiger partial charge in [-0.15, -0.1) is 16.9 Å². The van der Waals surface area contributed by atoms with Crippen LogP contribution in [-0.2, 0) is 21.1 Å². The highest BCUT2D eigenvalue weighted by atomic mass is 32.2. The van der Waals surface area contributed by atoms with Gasteiger partial charge < -0.3 is 20.6 Å². The quantitative estimate of drug-likeness (QED) is 0.543. The van der Waals surface area contributed by atoms with Crippen LogP contribution in [0.4, 0.5) is 0 Å². The summed E-state index contributed by atoms with van der Waals surface area (Å²) in [5, 5.41) is 23.4. The number of benzene rings is 1. The molecule has 1 spiro atoms. The maximum absolute atomic E-state index is 13.5. The predicted molar refractivity (Wildman–Crippen MR) is 117 cm³/mol. The first-order valence-corrected chi connectivity index (χ1v) is 11.6. The van der Waals surface area contributed by atoms with Crippen molar-refractivity contribution in [3.8, 4) is 0 Å². The lowest BCUT2D eigenvalue weighted by Gasteiger charge is -2.34. The zero-order valence-corrected chi connectivity index (χ0v) is 18.8. The summed E-state index contributed by atoms with van der Waals surface area (Å²) in [5.74, 6) is -1.78. The lowest BCUT2D eigenvalue weighted by Crippen LogP contribution is -2.54. The summed E-state index contributed by atoms with van der Waals surface area (Å²) < 4.78 is 0.516. The minimum Gasteiger partial charge on any atom is -0.395 e. The maximum Gasteiger partial charge on any atom is 0.245 e. The number of β-amino-alcohol motifs (C(OH)–C–C–N with tert-alkyl or cyclic N) is 1. The highest BCUT2D eigenvalue weighted by Crippen LogP contribution is 2.71. The van der Waals surface area contributed by atoms with E-state index in [2.05, 4.69) is 20.9 Å². The molecule has 3 fully saturated rings. The summed E-state index contributed by atoms with van der Waals surface area (Å²) in [6.07, 6.45) is 1.42. The van der Waals surface area contributed by atoms with Gasteiger partial charge in [0.15, 0.2) is 0 Å². The first-order chi connectivity index (χ1) is 15.4. The van der Waals surface area contributed by atoms with Crippen LogP contribution in [0.3, 0.4) is 0 Å². The van der Waals surface area contributed by atoms with Crippen LogP contribution in [0.15, 0.2) is 24.3 Å². The first-order valence-electron chi connectivity index (χ1n) is 10.8. The Kier molecular flexibility index (Phi) is 4.93. The predicted octanol–water partition coefficient (Wildman–Crippen LogP) is -0.275. The molecule has 3 N–H and O–H groups in total. The Labute approximate surface area is 189 Å². The van der Waals surface area contributed by atoms with Gasteiger partial charge in [-0.1, -0.05) is 17.3 Å². The van der Waals surface area contributed by atoms with Crippen molar-refractivity contribution in [3.05, 3.63) is 24.3 Å². The molecule has 5 rings (SSSR count). The van der Waals surface area contributed by atoms with Crippen molar-refractivity contribution in [3.63, 3.8) is 0 Å². The van der Waals surface area contributed by atoms with Crippen LogP contribution in [-0.4, -0.2) is 78.5 Å². The largest absolute Gasteiger partial charge is 0.395 e. The van der Waals surface area contributed by atoms with E-state index in [4.69, 9.17) is 0 Å². The molecule has 0 radical (unpaired) electrons. The Hall–Kier alpha value is -2.66. The number of aliphatic hydroxyl groups excluding tert-OH is 1. The van der Waals surface area contributed by atoms with Crippen LogP contribution in [0, 0.1) is 11.8 Å². The van der Waals surface area contributed by atoms with Gasteiger partial charge in [0.25, 0.3) is 0 Å². The minimum atomic E-state index is -0.761. The molecule has 4 heterocycles. The van der Waals surface area contributed by atoms with Crippen molar-refractivity contribution in [1.29, 1.82) is 0 Å². The molecule has 5 atom stereocenters. The molecule has 10 nitrogen and oxygen atoms in total. The fourth-order valence-corrected chi connectivity index (χ4v) is 8.27. The number of hydrogen-bond acceptors (Lipinski definition) is 7. The van der Waals surface area contributed by atoms with Crippen LogP contribution in [0.25, 0.3) is 11.0 Å². The molecule has 170 valence electrons. The van der Waals surface area contributed by atoms with E-state index < -0.39 is 27.4 Å². The van der Waals surface area contributed by atoms with Gasteiger partial charge in [-0.05, 0) is 31.9 Å². The average molecular weight is 459 g/mol. The van der Waals surface area contributed by atoms with Crippen LogP contribution in [0.1, 0.15) is 19.8 Å². The number of carbonyl (C=O) groups is 3. The van der Waals surface area contributed by atoms with Crippen molar-refractivity contribution in [1.82, 2.24) is 30.5 Å². The van der Waals surface area contributed by atoms with E-state index in [0.29, 0.717) is 6.42 Å². The third-order valence-corrected chi connectivity index (χ3v) is 9.20. The molecule has 0 saturated carbocycles. The molecule has 3 amide bonds. The molecule has 2 unspecified atom stereocenters. The summed E-state index contributed by atoms with van der Waals surface area (Å²) in [5.41, 5.74) is 1.52. The second-order valence-corrected chi connectivity index (χ2v) is 10.8. The van der Waals surface area contributed by atoms with Crippen molar-refractivity contribution in [2.24, 2.45) is 11.8 Å². The van der Waals surface area contributed by atoms with Crippen LogP contribution >= 0.6 is 11.8 Å². The minimum absolute atomic E-state index is 0.0547. The van der Waals surface area contributed by atoms with E-state index in [-0.39, 0.29) is 37.5 Å². The first kappa shape index (κ1) is 21.2. The Morgan fingerprint density at radius 1 is 1.28 bits per heavy atom. The van der Waals surface area contributed by atoms with Gasteiger partial charge in [0, 0.05) is 18.3 Å². The van der Waals surface area contributed by atoms with Crippen LogP contribution < -0.4 is 10.6 Å². The van der Waals surface area contributed by atoms with Crippen molar-refractivity contribution >= 4 is 40.5 Å². The second kappa shape index (κ2) is 7.45. The Balaban J connectivity index is 1.46. The number of thioether (sulfide) groups is 1. The van der Waals surface area contributed by atoms with E-state index in [9.17, 15) is 19.5 Å². The van der Waals surface area contributed by atoms with Gasteiger partial charge >= 0.3 is 0 Å². The summed E-state index contributed by atoms with van der Waals surface area (Å²) in [4.78, 5) is 41.2. The molecule has 3 aliphatic rings. The van der Waals surface area contributed by atoms with Gasteiger partial charge in [-0.3, -0.25) is 14.4 Å². The fourth-order valence-electron chi connectivity index (χ4n) is 5.91. The number of rotatable bonds is 6. The molecule has 2 aromatic rings. The monoisotopic (exact) mass is 458 g/mol.